The first kappa shape index (κ1) is 22.1. The van der Waals surface area contributed by atoms with Gasteiger partial charge >= 0.3 is 0 Å². The van der Waals surface area contributed by atoms with E-state index in [1.165, 1.54) is 5.57 Å². The zero-order chi connectivity index (χ0) is 18.1. The van der Waals surface area contributed by atoms with Gasteiger partial charge in [-0.15, -0.1) is 0 Å². The molecule has 0 saturated carbocycles. The molecule has 0 fully saturated rings. The van der Waals surface area contributed by atoms with Crippen molar-refractivity contribution in [2.75, 3.05) is 0 Å². The minimum absolute atomic E-state index is 0.204. The molecule has 5 nitrogen and oxygen atoms in total. The quantitative estimate of drug-likeness (QED) is 0.765. The van der Waals surface area contributed by atoms with E-state index in [2.05, 4.69) is 27.0 Å². The van der Waals surface area contributed by atoms with Crippen LogP contribution in [0.3, 0.4) is 0 Å². The second-order valence-corrected chi connectivity index (χ2v) is 6.26. The second kappa shape index (κ2) is 9.71. The molecule has 5 heteroatoms. The Morgan fingerprint density at radius 2 is 1.36 bits per heavy atom. The minimum Gasteiger partial charge on any atom is -0.366 e. The van der Waals surface area contributed by atoms with E-state index in [4.69, 9.17) is 11.5 Å². The molecule has 0 aromatic carbocycles. The SMILES string of the molecule is C=C(C)C(N)=O.C=C(C)C(N)=O.CC1=CC(=O)CC(C)(C)C1. The summed E-state index contributed by atoms with van der Waals surface area (Å²) < 4.78 is 0. The van der Waals surface area contributed by atoms with E-state index in [1.807, 2.05) is 6.92 Å². The number of carbonyl (C=O) groups is 3. The number of rotatable bonds is 2. The van der Waals surface area contributed by atoms with Crippen LogP contribution in [0.1, 0.15) is 47.5 Å². The molecule has 0 bridgehead atoms. The predicted octanol–water partition coefficient (Wildman–Crippen LogP) is 2.42. The van der Waals surface area contributed by atoms with Gasteiger partial charge in [-0.1, -0.05) is 32.6 Å². The van der Waals surface area contributed by atoms with Gasteiger partial charge in [0.05, 0.1) is 0 Å². The number of carbonyl (C=O) groups excluding carboxylic acids is 3. The Hall–Kier alpha value is -2.17. The molecule has 4 N–H and O–H groups in total. The van der Waals surface area contributed by atoms with Crippen LogP contribution in [0, 0.1) is 5.41 Å². The molecule has 0 spiro atoms. The summed E-state index contributed by atoms with van der Waals surface area (Å²) in [5.74, 6) is -0.584. The number of ketones is 1. The Morgan fingerprint density at radius 1 is 1.05 bits per heavy atom. The fourth-order valence-corrected chi connectivity index (χ4v) is 1.67. The number of nitrogens with two attached hydrogens (primary N) is 2. The normalized spacial score (nSPS) is 15.1. The van der Waals surface area contributed by atoms with Crippen LogP contribution < -0.4 is 11.5 Å². The molecule has 1 aliphatic carbocycles. The van der Waals surface area contributed by atoms with Gasteiger partial charge in [-0.3, -0.25) is 14.4 Å². The Bertz CT molecular complexity index is 452. The lowest BCUT2D eigenvalue weighted by Crippen LogP contribution is -2.20. The molecule has 0 unspecified atom stereocenters. The zero-order valence-electron chi connectivity index (χ0n) is 14.3. The summed E-state index contributed by atoms with van der Waals surface area (Å²) in [6.07, 6.45) is 3.55. The lowest BCUT2D eigenvalue weighted by Gasteiger charge is -2.27. The van der Waals surface area contributed by atoms with E-state index >= 15 is 0 Å². The van der Waals surface area contributed by atoms with Gasteiger partial charge in [-0.25, -0.2) is 0 Å². The highest BCUT2D eigenvalue weighted by atomic mass is 16.1. The average Bonchev–Trinajstić information content (AvgIpc) is 2.26. The molecule has 0 atom stereocenters. The van der Waals surface area contributed by atoms with Crippen LogP contribution in [0.4, 0.5) is 0 Å². The summed E-state index contributed by atoms with van der Waals surface area (Å²) in [4.78, 5) is 30.7. The van der Waals surface area contributed by atoms with Crippen LogP contribution in [0.15, 0.2) is 36.0 Å². The van der Waals surface area contributed by atoms with E-state index in [1.54, 1.807) is 19.9 Å². The Labute approximate surface area is 133 Å². The molecule has 0 heterocycles. The van der Waals surface area contributed by atoms with Crippen LogP contribution in [0.2, 0.25) is 0 Å². The molecular formula is C17H28N2O3. The Kier molecular flexibility index (Phi) is 9.76. The van der Waals surface area contributed by atoms with Crippen molar-refractivity contribution in [3.63, 3.8) is 0 Å². The maximum Gasteiger partial charge on any atom is 0.243 e. The van der Waals surface area contributed by atoms with Gasteiger partial charge in [0.25, 0.3) is 0 Å². The third-order valence-corrected chi connectivity index (χ3v) is 2.66. The molecule has 2 amide bonds. The van der Waals surface area contributed by atoms with Crippen molar-refractivity contribution in [3.8, 4) is 0 Å². The van der Waals surface area contributed by atoms with Gasteiger partial charge in [0.15, 0.2) is 5.78 Å². The number of allylic oxidation sites excluding steroid dienone is 2. The molecule has 0 aromatic heterocycles. The van der Waals surface area contributed by atoms with E-state index in [0.29, 0.717) is 17.6 Å². The number of hydrogen-bond donors (Lipinski definition) is 2. The molecule has 0 aliphatic heterocycles. The second-order valence-electron chi connectivity index (χ2n) is 6.26. The van der Waals surface area contributed by atoms with Crippen LogP contribution in [-0.4, -0.2) is 17.6 Å². The number of primary amides is 2. The maximum atomic E-state index is 11.0. The molecule has 124 valence electrons. The van der Waals surface area contributed by atoms with Gasteiger partial charge in [0, 0.05) is 17.6 Å². The van der Waals surface area contributed by atoms with Crippen LogP contribution in [-0.2, 0) is 14.4 Å². The Morgan fingerprint density at radius 3 is 1.55 bits per heavy atom. The monoisotopic (exact) mass is 308 g/mol. The summed E-state index contributed by atoms with van der Waals surface area (Å²) in [6.45, 7) is 16.0. The van der Waals surface area contributed by atoms with Gasteiger partial charge in [0.2, 0.25) is 11.8 Å². The smallest absolute Gasteiger partial charge is 0.243 e. The van der Waals surface area contributed by atoms with Crippen molar-refractivity contribution < 1.29 is 14.4 Å². The topological polar surface area (TPSA) is 103 Å². The van der Waals surface area contributed by atoms with Crippen LogP contribution >= 0.6 is 0 Å². The van der Waals surface area contributed by atoms with Gasteiger partial charge in [-0.2, -0.15) is 0 Å². The predicted molar refractivity (Wildman–Crippen MR) is 89.8 cm³/mol. The Balaban J connectivity index is 0. The van der Waals surface area contributed by atoms with E-state index in [9.17, 15) is 14.4 Å². The van der Waals surface area contributed by atoms with Crippen LogP contribution in [0.25, 0.3) is 0 Å². The van der Waals surface area contributed by atoms with Gasteiger partial charge in [-0.05, 0) is 38.7 Å². The van der Waals surface area contributed by atoms with E-state index in [-0.39, 0.29) is 11.2 Å². The summed E-state index contributed by atoms with van der Waals surface area (Å²) in [5.41, 5.74) is 11.6. The fraction of sp³-hybridized carbons (Fsp3) is 0.471. The van der Waals surface area contributed by atoms with Crippen LogP contribution in [0.5, 0.6) is 0 Å². The summed E-state index contributed by atoms with van der Waals surface area (Å²) in [5, 5.41) is 0. The van der Waals surface area contributed by atoms with Gasteiger partial charge < -0.3 is 11.5 Å². The first-order valence-electron chi connectivity index (χ1n) is 6.89. The first-order chi connectivity index (χ1) is 9.78. The highest BCUT2D eigenvalue weighted by molar-refractivity contribution is 5.91. The zero-order valence-corrected chi connectivity index (χ0v) is 14.3. The number of hydrogen-bond acceptors (Lipinski definition) is 3. The standard InChI is InChI=1S/C9H14O.2C4H7NO/c1-7-4-8(10)6-9(2,3)5-7;2*1-3(2)4(5)6/h4H,5-6H2,1-3H3;2*1H2,2H3,(H2,5,6). The largest absolute Gasteiger partial charge is 0.366 e. The van der Waals surface area contributed by atoms with Crippen molar-refractivity contribution in [3.05, 3.63) is 36.0 Å². The molecule has 0 radical (unpaired) electrons. The van der Waals surface area contributed by atoms with E-state index in [0.717, 1.165) is 6.42 Å². The van der Waals surface area contributed by atoms with Crippen molar-refractivity contribution >= 4 is 17.6 Å². The molecule has 1 rings (SSSR count). The minimum atomic E-state index is -0.435. The third-order valence-electron chi connectivity index (χ3n) is 2.66. The lowest BCUT2D eigenvalue weighted by atomic mass is 9.77. The fourth-order valence-electron chi connectivity index (χ4n) is 1.67. The van der Waals surface area contributed by atoms with Gasteiger partial charge in [0.1, 0.15) is 0 Å². The van der Waals surface area contributed by atoms with Crippen molar-refractivity contribution in [2.45, 2.75) is 47.5 Å². The molecule has 0 aromatic rings. The van der Waals surface area contributed by atoms with Crippen molar-refractivity contribution in [1.29, 1.82) is 0 Å². The summed E-state index contributed by atoms with van der Waals surface area (Å²) in [7, 11) is 0. The highest BCUT2D eigenvalue weighted by Crippen LogP contribution is 2.32. The third kappa shape index (κ3) is 12.8. The molecule has 22 heavy (non-hydrogen) atoms. The summed E-state index contributed by atoms with van der Waals surface area (Å²) in [6, 6.07) is 0. The number of amides is 2. The van der Waals surface area contributed by atoms with E-state index < -0.39 is 11.8 Å². The average molecular weight is 308 g/mol. The lowest BCUT2D eigenvalue weighted by molar-refractivity contribution is -0.117. The molecular weight excluding hydrogens is 280 g/mol. The molecule has 1 aliphatic rings. The first-order valence-corrected chi connectivity index (χ1v) is 6.89. The van der Waals surface area contributed by atoms with Crippen molar-refractivity contribution in [2.24, 2.45) is 16.9 Å². The highest BCUT2D eigenvalue weighted by Gasteiger charge is 2.25. The van der Waals surface area contributed by atoms with Crippen molar-refractivity contribution in [1.82, 2.24) is 0 Å². The summed E-state index contributed by atoms with van der Waals surface area (Å²) >= 11 is 0. The molecule has 0 saturated heterocycles. The maximum absolute atomic E-state index is 11.0.